The molecule has 0 N–H and O–H groups in total. The highest BCUT2D eigenvalue weighted by Crippen LogP contribution is 2.36. The SMILES string of the molecule is C=C(C)/C(Br)=C/[C@@H](C)CO[Si](C)(C)C(C)(C)C. The second-order valence-electron chi connectivity index (χ2n) is 6.34. The van der Waals surface area contributed by atoms with E-state index < -0.39 is 8.32 Å². The maximum atomic E-state index is 6.18. The third-order valence-electron chi connectivity index (χ3n) is 3.35. The van der Waals surface area contributed by atoms with Crippen molar-refractivity contribution in [2.75, 3.05) is 6.61 Å². The van der Waals surface area contributed by atoms with Crippen LogP contribution in [0.1, 0.15) is 34.6 Å². The van der Waals surface area contributed by atoms with Crippen LogP contribution in [0.25, 0.3) is 0 Å². The number of allylic oxidation sites excluding steroid dienone is 2. The number of hydrogen-bond acceptors (Lipinski definition) is 1. The molecular weight excluding hydrogens is 292 g/mol. The molecule has 0 aromatic heterocycles. The Balaban J connectivity index is 4.40. The monoisotopic (exact) mass is 318 g/mol. The van der Waals surface area contributed by atoms with Crippen LogP contribution in [0.3, 0.4) is 0 Å². The normalized spacial score (nSPS) is 15.9. The largest absolute Gasteiger partial charge is 0.416 e. The smallest absolute Gasteiger partial charge is 0.192 e. The summed E-state index contributed by atoms with van der Waals surface area (Å²) in [6, 6.07) is 0. The first-order chi connectivity index (χ1) is 7.47. The Bertz CT molecular complexity index is 300. The Labute approximate surface area is 117 Å². The number of rotatable bonds is 5. The van der Waals surface area contributed by atoms with Gasteiger partial charge >= 0.3 is 0 Å². The van der Waals surface area contributed by atoms with Crippen LogP contribution in [0.5, 0.6) is 0 Å². The average molecular weight is 319 g/mol. The van der Waals surface area contributed by atoms with Crippen LogP contribution in [0.2, 0.25) is 18.1 Å². The molecule has 0 saturated heterocycles. The summed E-state index contributed by atoms with van der Waals surface area (Å²) in [5, 5.41) is 0.280. The molecule has 0 radical (unpaired) electrons. The maximum absolute atomic E-state index is 6.18. The average Bonchev–Trinajstić information content (AvgIpc) is 2.12. The van der Waals surface area contributed by atoms with Crippen molar-refractivity contribution in [1.29, 1.82) is 0 Å². The van der Waals surface area contributed by atoms with Gasteiger partial charge in [-0.15, -0.1) is 0 Å². The predicted octanol–water partition coefficient (Wildman–Crippen LogP) is 5.50. The zero-order valence-electron chi connectivity index (χ0n) is 12.4. The van der Waals surface area contributed by atoms with Crippen molar-refractivity contribution in [3.63, 3.8) is 0 Å². The minimum atomic E-state index is -1.61. The highest BCUT2D eigenvalue weighted by molar-refractivity contribution is 9.12. The lowest BCUT2D eigenvalue weighted by atomic mass is 10.1. The van der Waals surface area contributed by atoms with Crippen molar-refractivity contribution >= 4 is 24.2 Å². The van der Waals surface area contributed by atoms with Crippen LogP contribution in [-0.2, 0) is 4.43 Å². The van der Waals surface area contributed by atoms with E-state index in [1.165, 1.54) is 0 Å². The summed E-state index contributed by atoms with van der Waals surface area (Å²) < 4.78 is 7.27. The van der Waals surface area contributed by atoms with E-state index in [2.05, 4.69) is 69.4 Å². The molecule has 0 unspecified atom stereocenters. The molecule has 0 aliphatic carbocycles. The Hall–Kier alpha value is 0.137. The van der Waals surface area contributed by atoms with E-state index in [9.17, 15) is 0 Å². The summed E-state index contributed by atoms with van der Waals surface area (Å²) in [5.74, 6) is 0.412. The molecule has 0 aliphatic heterocycles. The summed E-state index contributed by atoms with van der Waals surface area (Å²) >= 11 is 3.52. The molecule has 0 saturated carbocycles. The van der Waals surface area contributed by atoms with Crippen molar-refractivity contribution in [3.05, 3.63) is 22.7 Å². The van der Waals surface area contributed by atoms with Gasteiger partial charge in [-0.2, -0.15) is 0 Å². The Morgan fingerprint density at radius 2 is 1.88 bits per heavy atom. The van der Waals surface area contributed by atoms with Gasteiger partial charge in [0.05, 0.1) is 0 Å². The van der Waals surface area contributed by atoms with Crippen molar-refractivity contribution in [2.45, 2.75) is 52.8 Å². The van der Waals surface area contributed by atoms with Crippen LogP contribution in [0, 0.1) is 5.92 Å². The van der Waals surface area contributed by atoms with Crippen molar-refractivity contribution in [2.24, 2.45) is 5.92 Å². The summed E-state index contributed by atoms with van der Waals surface area (Å²) in [7, 11) is -1.61. The molecule has 0 rings (SSSR count). The maximum Gasteiger partial charge on any atom is 0.192 e. The molecule has 0 amide bonds. The Morgan fingerprint density at radius 3 is 2.24 bits per heavy atom. The number of halogens is 1. The lowest BCUT2D eigenvalue weighted by Crippen LogP contribution is -2.41. The molecule has 0 aromatic carbocycles. The van der Waals surface area contributed by atoms with Gasteiger partial charge in [0, 0.05) is 11.1 Å². The van der Waals surface area contributed by atoms with E-state index in [1.807, 2.05) is 6.92 Å². The van der Waals surface area contributed by atoms with Gasteiger partial charge in [0.2, 0.25) is 0 Å². The van der Waals surface area contributed by atoms with Crippen molar-refractivity contribution < 1.29 is 4.43 Å². The first kappa shape index (κ1) is 17.1. The van der Waals surface area contributed by atoms with Gasteiger partial charge in [-0.3, -0.25) is 0 Å². The van der Waals surface area contributed by atoms with E-state index >= 15 is 0 Å². The molecule has 1 nitrogen and oxygen atoms in total. The summed E-state index contributed by atoms with van der Waals surface area (Å²) in [6.07, 6.45) is 2.18. The molecule has 1 atom stereocenters. The van der Waals surface area contributed by atoms with Crippen LogP contribution in [-0.4, -0.2) is 14.9 Å². The first-order valence-corrected chi connectivity index (χ1v) is 9.84. The van der Waals surface area contributed by atoms with E-state index in [4.69, 9.17) is 4.43 Å². The lowest BCUT2D eigenvalue weighted by molar-refractivity contribution is 0.259. The van der Waals surface area contributed by atoms with Gasteiger partial charge in [0.1, 0.15) is 0 Å². The molecule has 17 heavy (non-hydrogen) atoms. The third-order valence-corrected chi connectivity index (χ3v) is 8.79. The second-order valence-corrected chi connectivity index (χ2v) is 12.0. The van der Waals surface area contributed by atoms with Crippen LogP contribution in [0.4, 0.5) is 0 Å². The third kappa shape index (κ3) is 6.02. The number of hydrogen-bond donors (Lipinski definition) is 0. The Morgan fingerprint density at radius 1 is 1.41 bits per heavy atom. The molecule has 0 spiro atoms. The van der Waals surface area contributed by atoms with Gasteiger partial charge < -0.3 is 4.43 Å². The minimum Gasteiger partial charge on any atom is -0.416 e. The Kier molecular flexibility index (Phi) is 6.40. The summed E-state index contributed by atoms with van der Waals surface area (Å²) in [4.78, 5) is 0. The standard InChI is InChI=1S/C14H27BrOSi/c1-11(2)13(15)9-12(3)10-16-17(7,8)14(4,5)6/h9,12H,1,10H2,2-8H3/b13-9-/t12-/m1/s1. The van der Waals surface area contributed by atoms with Gasteiger partial charge in [0.25, 0.3) is 0 Å². The fourth-order valence-corrected chi connectivity index (χ4v) is 2.56. The van der Waals surface area contributed by atoms with Crippen LogP contribution < -0.4 is 0 Å². The van der Waals surface area contributed by atoms with Crippen molar-refractivity contribution in [1.82, 2.24) is 0 Å². The van der Waals surface area contributed by atoms with Crippen LogP contribution >= 0.6 is 15.9 Å². The molecule has 100 valence electrons. The van der Waals surface area contributed by atoms with E-state index in [1.54, 1.807) is 0 Å². The van der Waals surface area contributed by atoms with Gasteiger partial charge in [-0.05, 0) is 36.5 Å². The lowest BCUT2D eigenvalue weighted by Gasteiger charge is -2.36. The van der Waals surface area contributed by atoms with Gasteiger partial charge in [-0.1, -0.05) is 56.3 Å². The van der Waals surface area contributed by atoms with Gasteiger partial charge in [-0.25, -0.2) is 0 Å². The highest BCUT2D eigenvalue weighted by Gasteiger charge is 2.37. The zero-order chi connectivity index (χ0) is 13.9. The molecule has 3 heteroatoms. The van der Waals surface area contributed by atoms with Crippen molar-refractivity contribution in [3.8, 4) is 0 Å². The quantitative estimate of drug-likeness (QED) is 0.480. The minimum absolute atomic E-state index is 0.280. The summed E-state index contributed by atoms with van der Waals surface area (Å²) in [5.41, 5.74) is 1.06. The topological polar surface area (TPSA) is 9.23 Å². The van der Waals surface area contributed by atoms with E-state index in [-0.39, 0.29) is 5.04 Å². The molecule has 0 heterocycles. The second kappa shape index (κ2) is 6.35. The molecule has 0 fully saturated rings. The van der Waals surface area contributed by atoms with E-state index in [0.717, 1.165) is 16.7 Å². The predicted molar refractivity (Wildman–Crippen MR) is 84.1 cm³/mol. The molecule has 0 bridgehead atoms. The molecule has 0 aromatic rings. The molecule has 0 aliphatic rings. The van der Waals surface area contributed by atoms with E-state index in [0.29, 0.717) is 5.92 Å². The fourth-order valence-electron chi connectivity index (χ4n) is 0.996. The fraction of sp³-hybridized carbons (Fsp3) is 0.714. The highest BCUT2D eigenvalue weighted by atomic mass is 79.9. The first-order valence-electron chi connectivity index (χ1n) is 6.14. The zero-order valence-corrected chi connectivity index (χ0v) is 14.9. The molecular formula is C14H27BrOSi. The van der Waals surface area contributed by atoms with Gasteiger partial charge in [0.15, 0.2) is 8.32 Å². The summed E-state index contributed by atoms with van der Waals surface area (Å²) in [6.45, 7) is 20.3. The van der Waals surface area contributed by atoms with Crippen LogP contribution in [0.15, 0.2) is 22.7 Å².